The largest absolute Gasteiger partial charge is 0.241 e. The molecular formula is C9H11N3. The van der Waals surface area contributed by atoms with E-state index in [2.05, 4.69) is 30.0 Å². The third kappa shape index (κ3) is 1.07. The third-order valence-corrected chi connectivity index (χ3v) is 1.97. The number of aromatic nitrogens is 3. The van der Waals surface area contributed by atoms with Crippen LogP contribution in [0.25, 0.3) is 5.52 Å². The van der Waals surface area contributed by atoms with Gasteiger partial charge in [-0.1, -0.05) is 13.8 Å². The molecule has 0 saturated heterocycles. The minimum Gasteiger partial charge on any atom is -0.241 e. The van der Waals surface area contributed by atoms with E-state index in [1.807, 2.05) is 16.9 Å². The molecule has 0 atom stereocenters. The Morgan fingerprint density at radius 1 is 1.42 bits per heavy atom. The second-order valence-corrected chi connectivity index (χ2v) is 3.21. The van der Waals surface area contributed by atoms with Gasteiger partial charge in [-0.15, -0.1) is 0 Å². The van der Waals surface area contributed by atoms with Crippen LogP contribution in [0.15, 0.2) is 24.8 Å². The lowest BCUT2D eigenvalue weighted by Gasteiger charge is -1.96. The molecule has 2 aromatic heterocycles. The van der Waals surface area contributed by atoms with Crippen LogP contribution >= 0.6 is 0 Å². The summed E-state index contributed by atoms with van der Waals surface area (Å²) in [6.07, 6.45) is 5.41. The number of rotatable bonds is 1. The van der Waals surface area contributed by atoms with Crippen LogP contribution in [0, 0.1) is 0 Å². The average molecular weight is 161 g/mol. The van der Waals surface area contributed by atoms with Crippen LogP contribution in [0.5, 0.6) is 0 Å². The van der Waals surface area contributed by atoms with Gasteiger partial charge in [0.25, 0.3) is 0 Å². The molecule has 62 valence electrons. The van der Waals surface area contributed by atoms with Crippen LogP contribution in [0.4, 0.5) is 0 Å². The molecule has 2 rings (SSSR count). The fourth-order valence-corrected chi connectivity index (χ4v) is 1.20. The number of hydrogen-bond acceptors (Lipinski definition) is 2. The Bertz CT molecular complexity index is 356. The number of nitrogens with zero attached hydrogens (tertiary/aromatic N) is 3. The van der Waals surface area contributed by atoms with Crippen molar-refractivity contribution < 1.29 is 0 Å². The molecule has 0 aliphatic rings. The molecule has 0 bridgehead atoms. The molecule has 0 aliphatic carbocycles. The molecule has 0 spiro atoms. The first-order chi connectivity index (χ1) is 5.77. The third-order valence-electron chi connectivity index (χ3n) is 1.97. The van der Waals surface area contributed by atoms with E-state index in [4.69, 9.17) is 0 Å². The molecule has 0 saturated carbocycles. The minimum atomic E-state index is 0.548. The van der Waals surface area contributed by atoms with Crippen LogP contribution in [-0.2, 0) is 0 Å². The molecule has 0 aromatic carbocycles. The van der Waals surface area contributed by atoms with Gasteiger partial charge >= 0.3 is 0 Å². The van der Waals surface area contributed by atoms with Crippen molar-refractivity contribution in [3.05, 3.63) is 30.4 Å². The van der Waals surface area contributed by atoms with Gasteiger partial charge in [-0.05, 0) is 17.5 Å². The molecule has 0 N–H and O–H groups in total. The van der Waals surface area contributed by atoms with E-state index in [0.29, 0.717) is 5.92 Å². The van der Waals surface area contributed by atoms with E-state index in [1.54, 1.807) is 6.33 Å². The minimum absolute atomic E-state index is 0.548. The smallest absolute Gasteiger partial charge is 0.136 e. The molecule has 3 heteroatoms. The lowest BCUT2D eigenvalue weighted by atomic mass is 10.1. The van der Waals surface area contributed by atoms with Crippen LogP contribution in [0.3, 0.4) is 0 Å². The van der Waals surface area contributed by atoms with Crippen LogP contribution < -0.4 is 0 Å². The highest BCUT2D eigenvalue weighted by Gasteiger charge is 2.02. The monoisotopic (exact) mass is 161 g/mol. The maximum atomic E-state index is 4.09. The van der Waals surface area contributed by atoms with Crippen LogP contribution in [0.1, 0.15) is 25.3 Å². The summed E-state index contributed by atoms with van der Waals surface area (Å²) >= 11 is 0. The fourth-order valence-electron chi connectivity index (χ4n) is 1.20. The number of fused-ring (bicyclic) bond motifs is 1. The second-order valence-electron chi connectivity index (χ2n) is 3.21. The van der Waals surface area contributed by atoms with Gasteiger partial charge < -0.3 is 0 Å². The van der Waals surface area contributed by atoms with Gasteiger partial charge in [0.15, 0.2) is 0 Å². The normalized spacial score (nSPS) is 11.2. The predicted molar refractivity (Wildman–Crippen MR) is 47.1 cm³/mol. The van der Waals surface area contributed by atoms with E-state index in [1.165, 1.54) is 5.56 Å². The van der Waals surface area contributed by atoms with E-state index in [9.17, 15) is 0 Å². The van der Waals surface area contributed by atoms with Crippen molar-refractivity contribution in [1.82, 2.24) is 14.6 Å². The lowest BCUT2D eigenvalue weighted by molar-refractivity contribution is 0.846. The Kier molecular flexibility index (Phi) is 1.57. The molecule has 3 nitrogen and oxygen atoms in total. The van der Waals surface area contributed by atoms with Crippen molar-refractivity contribution in [2.75, 3.05) is 0 Å². The van der Waals surface area contributed by atoms with Crippen molar-refractivity contribution in [2.45, 2.75) is 19.8 Å². The fraction of sp³-hybridized carbons (Fsp3) is 0.333. The zero-order valence-electron chi connectivity index (χ0n) is 7.23. The zero-order valence-corrected chi connectivity index (χ0v) is 7.23. The Morgan fingerprint density at radius 3 is 2.92 bits per heavy atom. The Morgan fingerprint density at radius 2 is 2.25 bits per heavy atom. The summed E-state index contributed by atoms with van der Waals surface area (Å²) in [6.45, 7) is 4.34. The first-order valence-electron chi connectivity index (χ1n) is 4.05. The zero-order chi connectivity index (χ0) is 8.55. The summed E-state index contributed by atoms with van der Waals surface area (Å²) < 4.78 is 1.85. The van der Waals surface area contributed by atoms with Gasteiger partial charge in [0.05, 0.1) is 11.7 Å². The van der Waals surface area contributed by atoms with Crippen molar-refractivity contribution in [3.63, 3.8) is 0 Å². The van der Waals surface area contributed by atoms with Crippen molar-refractivity contribution in [1.29, 1.82) is 0 Å². The Hall–Kier alpha value is -1.38. The molecule has 0 aliphatic heterocycles. The summed E-state index contributed by atoms with van der Waals surface area (Å²) in [6, 6.07) is 2.12. The highest BCUT2D eigenvalue weighted by molar-refractivity contribution is 5.47. The summed E-state index contributed by atoms with van der Waals surface area (Å²) in [5.41, 5.74) is 2.36. The average Bonchev–Trinajstić information content (AvgIpc) is 2.46. The first-order valence-corrected chi connectivity index (χ1v) is 4.05. The Balaban J connectivity index is 2.62. The van der Waals surface area contributed by atoms with Crippen molar-refractivity contribution >= 4 is 5.52 Å². The summed E-state index contributed by atoms with van der Waals surface area (Å²) in [7, 11) is 0. The summed E-state index contributed by atoms with van der Waals surface area (Å²) in [5, 5.41) is 4.09. The molecular weight excluding hydrogens is 150 g/mol. The van der Waals surface area contributed by atoms with Crippen molar-refractivity contribution in [3.8, 4) is 0 Å². The van der Waals surface area contributed by atoms with Crippen LogP contribution in [0.2, 0.25) is 0 Å². The molecule has 0 radical (unpaired) electrons. The van der Waals surface area contributed by atoms with Gasteiger partial charge in [0.2, 0.25) is 0 Å². The van der Waals surface area contributed by atoms with E-state index in [0.717, 1.165) is 5.52 Å². The second kappa shape index (κ2) is 2.59. The maximum Gasteiger partial charge on any atom is 0.136 e. The summed E-state index contributed by atoms with van der Waals surface area (Å²) in [4.78, 5) is 3.95. The SMILES string of the molecule is CC(C)c1cc2cncnn2c1. The van der Waals surface area contributed by atoms with Gasteiger partial charge in [-0.25, -0.2) is 9.50 Å². The molecule has 0 amide bonds. The predicted octanol–water partition coefficient (Wildman–Crippen LogP) is 1.85. The highest BCUT2D eigenvalue weighted by Crippen LogP contribution is 2.16. The standard InChI is InChI=1S/C9H11N3/c1-7(2)8-3-9-4-10-6-11-12(9)5-8/h3-7H,1-2H3. The number of hydrogen-bond donors (Lipinski definition) is 0. The molecule has 0 fully saturated rings. The van der Waals surface area contributed by atoms with Gasteiger partial charge in [0, 0.05) is 6.20 Å². The molecule has 2 aromatic rings. The van der Waals surface area contributed by atoms with Gasteiger partial charge in [0.1, 0.15) is 6.33 Å². The highest BCUT2D eigenvalue weighted by atomic mass is 15.2. The lowest BCUT2D eigenvalue weighted by Crippen LogP contribution is -1.88. The first kappa shape index (κ1) is 7.28. The van der Waals surface area contributed by atoms with E-state index in [-0.39, 0.29) is 0 Å². The molecule has 2 heterocycles. The van der Waals surface area contributed by atoms with Crippen molar-refractivity contribution in [2.24, 2.45) is 0 Å². The Labute approximate surface area is 71.1 Å². The van der Waals surface area contributed by atoms with Gasteiger partial charge in [-0.3, -0.25) is 0 Å². The van der Waals surface area contributed by atoms with Gasteiger partial charge in [-0.2, -0.15) is 5.10 Å². The summed E-state index contributed by atoms with van der Waals surface area (Å²) in [5.74, 6) is 0.548. The quantitative estimate of drug-likeness (QED) is 0.639. The maximum absolute atomic E-state index is 4.09. The van der Waals surface area contributed by atoms with E-state index >= 15 is 0 Å². The molecule has 12 heavy (non-hydrogen) atoms. The topological polar surface area (TPSA) is 30.2 Å². The molecule has 0 unspecified atom stereocenters. The van der Waals surface area contributed by atoms with E-state index < -0.39 is 0 Å². The van der Waals surface area contributed by atoms with Crippen LogP contribution in [-0.4, -0.2) is 14.6 Å².